The van der Waals surface area contributed by atoms with Crippen LogP contribution in [-0.4, -0.2) is 37.6 Å². The van der Waals surface area contributed by atoms with Gasteiger partial charge in [-0.05, 0) is 23.8 Å². The van der Waals surface area contributed by atoms with Crippen molar-refractivity contribution in [2.45, 2.75) is 12.5 Å². The van der Waals surface area contributed by atoms with E-state index in [-0.39, 0.29) is 12.8 Å². The van der Waals surface area contributed by atoms with Gasteiger partial charge in [-0.3, -0.25) is 0 Å². The molecule has 0 saturated carbocycles. The lowest BCUT2D eigenvalue weighted by Crippen LogP contribution is -2.30. The van der Waals surface area contributed by atoms with Gasteiger partial charge in [-0.1, -0.05) is 42.5 Å². The van der Waals surface area contributed by atoms with E-state index in [0.29, 0.717) is 23.6 Å². The van der Waals surface area contributed by atoms with Crippen molar-refractivity contribution in [1.82, 2.24) is 4.41 Å². The van der Waals surface area contributed by atoms with Gasteiger partial charge in [0, 0.05) is 12.0 Å². The number of hydrogen-bond acceptors (Lipinski definition) is 5. The van der Waals surface area contributed by atoms with Crippen LogP contribution >= 0.6 is 0 Å². The monoisotopic (exact) mass is 370 g/mol. The molecule has 0 spiro atoms. The van der Waals surface area contributed by atoms with E-state index in [0.717, 1.165) is 11.1 Å². The molecular weight excluding hydrogens is 352 g/mol. The quantitative estimate of drug-likeness (QED) is 0.830. The summed E-state index contributed by atoms with van der Waals surface area (Å²) < 4.78 is 36.2. The summed E-state index contributed by atoms with van der Waals surface area (Å²) in [4.78, 5) is 0. The Kier molecular flexibility index (Phi) is 4.16. The molecule has 4 rings (SSSR count). The van der Waals surface area contributed by atoms with Crippen molar-refractivity contribution in [2.24, 2.45) is 5.10 Å². The van der Waals surface area contributed by atoms with Gasteiger partial charge in [0.2, 0.25) is 16.8 Å². The molecule has 0 saturated heterocycles. The van der Waals surface area contributed by atoms with E-state index in [9.17, 15) is 8.42 Å². The number of benzene rings is 2. The van der Waals surface area contributed by atoms with Crippen molar-refractivity contribution < 1.29 is 17.9 Å². The van der Waals surface area contributed by atoms with Crippen LogP contribution in [0, 0.1) is 0 Å². The first-order chi connectivity index (χ1) is 12.5. The molecule has 0 fully saturated rings. The lowest BCUT2D eigenvalue weighted by atomic mass is 10.0. The van der Waals surface area contributed by atoms with Crippen molar-refractivity contribution in [3.8, 4) is 11.5 Å². The Labute approximate surface area is 152 Å². The van der Waals surface area contributed by atoms with Crippen LogP contribution in [0.2, 0.25) is 0 Å². The van der Waals surface area contributed by atoms with Gasteiger partial charge in [-0.25, -0.2) is 8.42 Å². The van der Waals surface area contributed by atoms with Gasteiger partial charge in [-0.2, -0.15) is 9.52 Å². The number of fused-ring (bicyclic) bond motifs is 1. The van der Waals surface area contributed by atoms with E-state index in [1.165, 1.54) is 10.7 Å². The average Bonchev–Trinajstić information content (AvgIpc) is 3.26. The minimum absolute atomic E-state index is 0.198. The molecule has 0 radical (unpaired) electrons. The highest BCUT2D eigenvalue weighted by atomic mass is 32.2. The molecule has 134 valence electrons. The van der Waals surface area contributed by atoms with Gasteiger partial charge in [-0.15, -0.1) is 0 Å². The Morgan fingerprint density at radius 2 is 1.88 bits per heavy atom. The molecule has 0 bridgehead atoms. The normalized spacial score (nSPS) is 19.2. The summed E-state index contributed by atoms with van der Waals surface area (Å²) >= 11 is 0. The van der Waals surface area contributed by atoms with Gasteiger partial charge in [0.25, 0.3) is 0 Å². The van der Waals surface area contributed by atoms with Crippen LogP contribution in [0.1, 0.15) is 17.5 Å². The Morgan fingerprint density at radius 1 is 1.12 bits per heavy atom. The highest BCUT2D eigenvalue weighted by Gasteiger charge is 2.32. The van der Waals surface area contributed by atoms with E-state index < -0.39 is 10.0 Å². The average molecular weight is 370 g/mol. The Bertz CT molecular complexity index is 984. The molecular formula is C19H18N2O4S. The summed E-state index contributed by atoms with van der Waals surface area (Å²) in [6.07, 6.45) is 5.46. The van der Waals surface area contributed by atoms with Crippen LogP contribution in [-0.2, 0) is 10.0 Å². The van der Waals surface area contributed by atoms with E-state index in [1.54, 1.807) is 0 Å². The van der Waals surface area contributed by atoms with E-state index in [4.69, 9.17) is 9.47 Å². The topological polar surface area (TPSA) is 68.2 Å². The van der Waals surface area contributed by atoms with Crippen molar-refractivity contribution in [3.05, 3.63) is 65.7 Å². The van der Waals surface area contributed by atoms with Crippen LogP contribution in [0.25, 0.3) is 6.08 Å². The van der Waals surface area contributed by atoms with Gasteiger partial charge in [0.1, 0.15) is 0 Å². The fraction of sp³-hybridized carbons (Fsp3) is 0.211. The fourth-order valence-electron chi connectivity index (χ4n) is 3.01. The maximum atomic E-state index is 12.2. The molecule has 2 aromatic rings. The standard InChI is InChI=1S/C19H18N2O4S/c1-26(22,23)21-16(9-7-14-5-3-2-4-6-14)12-17(20-21)15-8-10-18-19(11-15)25-13-24-18/h2-11,16H,12-13H2,1H3. The Hall–Kier alpha value is -2.80. The zero-order valence-electron chi connectivity index (χ0n) is 14.2. The maximum absolute atomic E-state index is 12.2. The molecule has 1 unspecified atom stereocenters. The van der Waals surface area contributed by atoms with E-state index in [1.807, 2.05) is 60.7 Å². The molecule has 0 aliphatic carbocycles. The largest absolute Gasteiger partial charge is 0.454 e. The lowest BCUT2D eigenvalue weighted by molar-refractivity contribution is 0.174. The minimum Gasteiger partial charge on any atom is -0.454 e. The maximum Gasteiger partial charge on any atom is 0.247 e. The van der Waals surface area contributed by atoms with Crippen molar-refractivity contribution in [2.75, 3.05) is 13.0 Å². The van der Waals surface area contributed by atoms with Gasteiger partial charge in [0.15, 0.2) is 11.5 Å². The Balaban J connectivity index is 1.62. The van der Waals surface area contributed by atoms with Crippen LogP contribution < -0.4 is 9.47 Å². The predicted molar refractivity (Wildman–Crippen MR) is 99.7 cm³/mol. The molecule has 2 aliphatic heterocycles. The second kappa shape index (κ2) is 6.49. The molecule has 7 heteroatoms. The van der Waals surface area contributed by atoms with E-state index >= 15 is 0 Å². The number of sulfonamides is 1. The second-order valence-electron chi connectivity index (χ2n) is 6.19. The van der Waals surface area contributed by atoms with Gasteiger partial charge >= 0.3 is 0 Å². The molecule has 0 N–H and O–H groups in total. The number of hydrazone groups is 1. The zero-order chi connectivity index (χ0) is 18.1. The number of rotatable bonds is 4. The molecule has 26 heavy (non-hydrogen) atoms. The molecule has 2 aromatic carbocycles. The smallest absolute Gasteiger partial charge is 0.247 e. The van der Waals surface area contributed by atoms with Crippen LogP contribution in [0.5, 0.6) is 11.5 Å². The number of ether oxygens (including phenoxy) is 2. The lowest BCUT2D eigenvalue weighted by Gasteiger charge is -2.17. The molecule has 0 aromatic heterocycles. The zero-order valence-corrected chi connectivity index (χ0v) is 15.0. The van der Waals surface area contributed by atoms with Crippen molar-refractivity contribution in [3.63, 3.8) is 0 Å². The van der Waals surface area contributed by atoms with Crippen LogP contribution in [0.3, 0.4) is 0 Å². The number of hydrogen-bond donors (Lipinski definition) is 0. The third-order valence-electron chi connectivity index (χ3n) is 4.26. The predicted octanol–water partition coefficient (Wildman–Crippen LogP) is 2.87. The first kappa shape index (κ1) is 16.7. The summed E-state index contributed by atoms with van der Waals surface area (Å²) in [6, 6.07) is 14.9. The highest BCUT2D eigenvalue weighted by molar-refractivity contribution is 7.88. The molecule has 2 aliphatic rings. The summed E-state index contributed by atoms with van der Waals surface area (Å²) in [5.74, 6) is 1.34. The van der Waals surface area contributed by atoms with Crippen LogP contribution in [0.4, 0.5) is 0 Å². The molecule has 0 amide bonds. The molecule has 6 nitrogen and oxygen atoms in total. The van der Waals surface area contributed by atoms with Gasteiger partial charge in [0.05, 0.1) is 18.0 Å². The first-order valence-corrected chi connectivity index (χ1v) is 10.1. The van der Waals surface area contributed by atoms with E-state index in [2.05, 4.69) is 5.10 Å². The number of nitrogens with zero attached hydrogens (tertiary/aromatic N) is 2. The summed E-state index contributed by atoms with van der Waals surface area (Å²) in [5, 5.41) is 4.36. The third kappa shape index (κ3) is 3.30. The highest BCUT2D eigenvalue weighted by Crippen LogP contribution is 2.34. The van der Waals surface area contributed by atoms with Crippen molar-refractivity contribution >= 4 is 21.8 Å². The fourth-order valence-corrected chi connectivity index (χ4v) is 3.89. The third-order valence-corrected chi connectivity index (χ3v) is 5.29. The Morgan fingerprint density at radius 3 is 2.65 bits per heavy atom. The van der Waals surface area contributed by atoms with Crippen molar-refractivity contribution in [1.29, 1.82) is 0 Å². The molecule has 2 heterocycles. The summed E-state index contributed by atoms with van der Waals surface area (Å²) in [6.45, 7) is 0.198. The first-order valence-electron chi connectivity index (χ1n) is 8.21. The molecule has 1 atom stereocenters. The minimum atomic E-state index is -3.47. The second-order valence-corrected chi connectivity index (χ2v) is 8.03. The van der Waals surface area contributed by atoms with Crippen LogP contribution in [0.15, 0.2) is 59.7 Å². The SMILES string of the molecule is CS(=O)(=O)N1N=C(c2ccc3c(c2)OCO3)CC1C=Cc1ccccc1. The summed E-state index contributed by atoms with van der Waals surface area (Å²) in [7, 11) is -3.47. The van der Waals surface area contributed by atoms with Gasteiger partial charge < -0.3 is 9.47 Å². The summed E-state index contributed by atoms with van der Waals surface area (Å²) in [5.41, 5.74) is 2.55.